The minimum Gasteiger partial charge on any atom is -0.383 e. The van der Waals surface area contributed by atoms with E-state index >= 15 is 0 Å². The van der Waals surface area contributed by atoms with Crippen LogP contribution in [0.15, 0.2) is 18.5 Å². The lowest BCUT2D eigenvalue weighted by Crippen LogP contribution is -2.51. The zero-order valence-electron chi connectivity index (χ0n) is 12.6. The number of ether oxygens (including phenoxy) is 1. The van der Waals surface area contributed by atoms with Crippen molar-refractivity contribution in [1.29, 1.82) is 0 Å². The topological polar surface area (TPSA) is 70.6 Å². The SMILES string of the molecule is COCCNCC(=O)N1CCN(c2ncccn2)CC1.Cl.Cl. The van der Waals surface area contributed by atoms with Gasteiger partial charge in [0.05, 0.1) is 13.2 Å². The molecule has 2 heterocycles. The molecule has 1 aromatic rings. The lowest BCUT2D eigenvalue weighted by molar-refractivity contribution is -0.130. The van der Waals surface area contributed by atoms with Crippen molar-refractivity contribution in [2.75, 3.05) is 57.9 Å². The Labute approximate surface area is 143 Å². The van der Waals surface area contributed by atoms with Crippen LogP contribution in [-0.4, -0.2) is 73.8 Å². The summed E-state index contributed by atoms with van der Waals surface area (Å²) in [6, 6.07) is 1.80. The van der Waals surface area contributed by atoms with Crippen molar-refractivity contribution in [1.82, 2.24) is 20.2 Å². The zero-order valence-corrected chi connectivity index (χ0v) is 14.2. The molecule has 0 spiro atoms. The molecule has 1 fully saturated rings. The highest BCUT2D eigenvalue weighted by Gasteiger charge is 2.21. The first-order valence-corrected chi connectivity index (χ1v) is 6.80. The second-order valence-corrected chi connectivity index (χ2v) is 4.59. The van der Waals surface area contributed by atoms with Gasteiger partial charge in [-0.1, -0.05) is 0 Å². The maximum atomic E-state index is 12.0. The van der Waals surface area contributed by atoms with Crippen LogP contribution in [0.2, 0.25) is 0 Å². The molecule has 1 N–H and O–H groups in total. The Kier molecular flexibility index (Phi) is 10.8. The van der Waals surface area contributed by atoms with Crippen molar-refractivity contribution in [2.45, 2.75) is 0 Å². The Morgan fingerprint density at radius 1 is 1.23 bits per heavy atom. The van der Waals surface area contributed by atoms with E-state index in [1.807, 2.05) is 4.90 Å². The molecule has 0 saturated carbocycles. The predicted molar refractivity (Wildman–Crippen MR) is 90.1 cm³/mol. The fourth-order valence-electron chi connectivity index (χ4n) is 2.09. The monoisotopic (exact) mass is 351 g/mol. The Bertz CT molecular complexity index is 416. The number of nitrogens with zero attached hydrogens (tertiary/aromatic N) is 4. The van der Waals surface area contributed by atoms with E-state index in [0.717, 1.165) is 19.0 Å². The quantitative estimate of drug-likeness (QED) is 0.738. The van der Waals surface area contributed by atoms with Gasteiger partial charge in [0, 0.05) is 52.2 Å². The smallest absolute Gasteiger partial charge is 0.236 e. The Balaban J connectivity index is 0.00000220. The molecule has 22 heavy (non-hydrogen) atoms. The first kappa shape index (κ1) is 20.9. The number of carbonyl (C=O) groups excluding carboxylic acids is 1. The van der Waals surface area contributed by atoms with Gasteiger partial charge in [-0.2, -0.15) is 0 Å². The summed E-state index contributed by atoms with van der Waals surface area (Å²) in [5.41, 5.74) is 0. The lowest BCUT2D eigenvalue weighted by atomic mass is 10.3. The van der Waals surface area contributed by atoms with Crippen LogP contribution in [0.1, 0.15) is 0 Å². The maximum Gasteiger partial charge on any atom is 0.236 e. The Morgan fingerprint density at radius 3 is 2.45 bits per heavy atom. The summed E-state index contributed by atoms with van der Waals surface area (Å²) in [6.07, 6.45) is 3.47. The molecule has 0 unspecified atom stereocenters. The summed E-state index contributed by atoms with van der Waals surface area (Å²) < 4.78 is 4.92. The van der Waals surface area contributed by atoms with Gasteiger partial charge in [-0.05, 0) is 6.07 Å². The van der Waals surface area contributed by atoms with E-state index in [1.165, 1.54) is 0 Å². The number of anilines is 1. The van der Waals surface area contributed by atoms with Crippen LogP contribution in [-0.2, 0) is 9.53 Å². The number of hydrogen-bond donors (Lipinski definition) is 1. The summed E-state index contributed by atoms with van der Waals surface area (Å²) in [5, 5.41) is 3.07. The van der Waals surface area contributed by atoms with E-state index < -0.39 is 0 Å². The second kappa shape index (κ2) is 11.4. The normalized spacial score (nSPS) is 14.0. The summed E-state index contributed by atoms with van der Waals surface area (Å²) in [4.78, 5) is 24.4. The van der Waals surface area contributed by atoms with Crippen LogP contribution < -0.4 is 10.2 Å². The minimum atomic E-state index is 0. The first-order valence-electron chi connectivity index (χ1n) is 6.80. The molecule has 2 rings (SSSR count). The molecule has 9 heteroatoms. The van der Waals surface area contributed by atoms with Gasteiger partial charge in [0.15, 0.2) is 0 Å². The molecule has 7 nitrogen and oxygen atoms in total. The molecule has 0 atom stereocenters. The lowest BCUT2D eigenvalue weighted by Gasteiger charge is -2.34. The third kappa shape index (κ3) is 6.31. The number of carbonyl (C=O) groups is 1. The number of methoxy groups -OCH3 is 1. The van der Waals surface area contributed by atoms with Gasteiger partial charge in [0.25, 0.3) is 0 Å². The molecular formula is C13H23Cl2N5O2. The first-order chi connectivity index (χ1) is 9.81. The van der Waals surface area contributed by atoms with Gasteiger partial charge >= 0.3 is 0 Å². The number of hydrogen-bond acceptors (Lipinski definition) is 6. The average molecular weight is 352 g/mol. The number of nitrogens with one attached hydrogen (secondary N) is 1. The summed E-state index contributed by atoms with van der Waals surface area (Å²) in [6.45, 7) is 4.64. The molecule has 1 aromatic heterocycles. The average Bonchev–Trinajstić information content (AvgIpc) is 2.52. The number of amides is 1. The molecule has 1 aliphatic heterocycles. The van der Waals surface area contributed by atoms with Gasteiger partial charge in [0.1, 0.15) is 0 Å². The number of halogens is 2. The highest BCUT2D eigenvalue weighted by molar-refractivity contribution is 5.85. The van der Waals surface area contributed by atoms with Crippen LogP contribution >= 0.6 is 24.8 Å². The molecular weight excluding hydrogens is 329 g/mol. The fraction of sp³-hybridized carbons (Fsp3) is 0.615. The van der Waals surface area contributed by atoms with Gasteiger partial charge in [-0.25, -0.2) is 9.97 Å². The Hall–Kier alpha value is -1.15. The van der Waals surface area contributed by atoms with E-state index in [0.29, 0.717) is 32.8 Å². The highest BCUT2D eigenvalue weighted by atomic mass is 35.5. The Morgan fingerprint density at radius 2 is 1.86 bits per heavy atom. The van der Waals surface area contributed by atoms with E-state index in [2.05, 4.69) is 20.2 Å². The van der Waals surface area contributed by atoms with Crippen molar-refractivity contribution in [3.05, 3.63) is 18.5 Å². The third-order valence-electron chi connectivity index (χ3n) is 3.23. The number of aromatic nitrogens is 2. The van der Waals surface area contributed by atoms with Crippen LogP contribution in [0.4, 0.5) is 5.95 Å². The summed E-state index contributed by atoms with van der Waals surface area (Å²) >= 11 is 0. The van der Waals surface area contributed by atoms with Crippen molar-refractivity contribution in [2.24, 2.45) is 0 Å². The summed E-state index contributed by atoms with van der Waals surface area (Å²) in [5.74, 6) is 0.868. The second-order valence-electron chi connectivity index (χ2n) is 4.59. The van der Waals surface area contributed by atoms with Crippen LogP contribution in [0.5, 0.6) is 0 Å². The molecule has 1 saturated heterocycles. The van der Waals surface area contributed by atoms with Crippen LogP contribution in [0.3, 0.4) is 0 Å². The van der Waals surface area contributed by atoms with Crippen molar-refractivity contribution >= 4 is 36.7 Å². The molecule has 1 aliphatic rings. The molecule has 1 amide bonds. The molecule has 126 valence electrons. The van der Waals surface area contributed by atoms with Gasteiger partial charge in [-0.3, -0.25) is 4.79 Å². The van der Waals surface area contributed by atoms with Crippen molar-refractivity contribution in [3.8, 4) is 0 Å². The predicted octanol–water partition coefficient (Wildman–Crippen LogP) is 0.205. The van der Waals surface area contributed by atoms with E-state index in [1.54, 1.807) is 25.6 Å². The van der Waals surface area contributed by atoms with Gasteiger partial charge < -0.3 is 19.9 Å². The zero-order chi connectivity index (χ0) is 14.2. The van der Waals surface area contributed by atoms with Gasteiger partial charge in [-0.15, -0.1) is 24.8 Å². The molecule has 0 aromatic carbocycles. The van der Waals surface area contributed by atoms with Crippen LogP contribution in [0, 0.1) is 0 Å². The summed E-state index contributed by atoms with van der Waals surface area (Å²) in [7, 11) is 1.65. The van der Waals surface area contributed by atoms with Crippen molar-refractivity contribution < 1.29 is 9.53 Å². The van der Waals surface area contributed by atoms with E-state index in [9.17, 15) is 4.79 Å². The standard InChI is InChI=1S/C13H21N5O2.2ClH/c1-20-10-5-14-11-12(19)17-6-8-18(9-7-17)13-15-3-2-4-16-13;;/h2-4,14H,5-11H2,1H3;2*1H. The van der Waals surface area contributed by atoms with Gasteiger partial charge in [0.2, 0.25) is 11.9 Å². The van der Waals surface area contributed by atoms with Crippen molar-refractivity contribution in [3.63, 3.8) is 0 Å². The minimum absolute atomic E-state index is 0. The number of piperazine rings is 1. The molecule has 0 aliphatic carbocycles. The third-order valence-corrected chi connectivity index (χ3v) is 3.23. The molecule has 0 radical (unpaired) electrons. The van der Waals surface area contributed by atoms with Crippen LogP contribution in [0.25, 0.3) is 0 Å². The highest BCUT2D eigenvalue weighted by Crippen LogP contribution is 2.09. The maximum absolute atomic E-state index is 12.0. The largest absolute Gasteiger partial charge is 0.383 e. The van der Waals surface area contributed by atoms with E-state index in [4.69, 9.17) is 4.74 Å². The number of rotatable bonds is 6. The fourth-order valence-corrected chi connectivity index (χ4v) is 2.09. The van der Waals surface area contributed by atoms with E-state index in [-0.39, 0.29) is 30.7 Å². The molecule has 0 bridgehead atoms.